The molecule has 0 amide bonds. The van der Waals surface area contributed by atoms with Crippen molar-refractivity contribution in [1.29, 1.82) is 0 Å². The number of hydrogen-bond donors (Lipinski definition) is 0. The second-order valence-electron chi connectivity index (χ2n) is 9.16. The zero-order valence-corrected chi connectivity index (χ0v) is 14.8. The summed E-state index contributed by atoms with van der Waals surface area (Å²) in [6.07, 6.45) is 10.6. The molecule has 3 saturated carbocycles. The number of allylic oxidation sites excluding steroid dienone is 1. The fraction of sp³-hybridized carbons (Fsp3) is 0.762. The molecule has 24 heavy (non-hydrogen) atoms. The number of rotatable bonds is 2. The second kappa shape index (κ2) is 5.37. The number of hydrogen-bond acceptors (Lipinski definition) is 3. The topological polar surface area (TPSA) is 51.2 Å². The molecule has 0 radical (unpaired) electrons. The highest BCUT2D eigenvalue weighted by molar-refractivity contribution is 6.26. The SMILES string of the molecule is C[C@]12CC[C@H]3[C@@H](CCC4=CC(=O)CC[C@@]43C)[C@@H]1CC[C@H]2C(=O)C=O. The lowest BCUT2D eigenvalue weighted by Crippen LogP contribution is -2.51. The van der Waals surface area contributed by atoms with Crippen molar-refractivity contribution in [3.63, 3.8) is 0 Å². The zero-order valence-electron chi connectivity index (χ0n) is 14.8. The van der Waals surface area contributed by atoms with Gasteiger partial charge in [-0.3, -0.25) is 14.4 Å². The minimum atomic E-state index is -0.177. The van der Waals surface area contributed by atoms with Crippen molar-refractivity contribution in [3.05, 3.63) is 11.6 Å². The van der Waals surface area contributed by atoms with Gasteiger partial charge in [0, 0.05) is 12.3 Å². The number of ketones is 2. The first kappa shape index (κ1) is 16.2. The van der Waals surface area contributed by atoms with E-state index in [2.05, 4.69) is 13.8 Å². The van der Waals surface area contributed by atoms with Crippen LogP contribution in [0.2, 0.25) is 0 Å². The number of aldehydes is 1. The molecular formula is C21H28O3. The fourth-order valence-electron chi connectivity index (χ4n) is 7.11. The molecule has 4 aliphatic carbocycles. The van der Waals surface area contributed by atoms with Crippen LogP contribution in [0.1, 0.15) is 65.2 Å². The maximum Gasteiger partial charge on any atom is 0.198 e. The molecule has 3 fully saturated rings. The largest absolute Gasteiger partial charge is 0.295 e. The van der Waals surface area contributed by atoms with E-state index in [0.29, 0.717) is 36.2 Å². The molecule has 0 aromatic heterocycles. The molecule has 130 valence electrons. The summed E-state index contributed by atoms with van der Waals surface area (Å²) in [5.74, 6) is 1.94. The first-order chi connectivity index (χ1) is 11.4. The molecule has 0 aromatic rings. The Kier molecular flexibility index (Phi) is 3.63. The summed E-state index contributed by atoms with van der Waals surface area (Å²) in [7, 11) is 0. The van der Waals surface area contributed by atoms with Crippen LogP contribution in [0.5, 0.6) is 0 Å². The van der Waals surface area contributed by atoms with Gasteiger partial charge in [-0.25, -0.2) is 0 Å². The van der Waals surface area contributed by atoms with Crippen LogP contribution < -0.4 is 0 Å². The standard InChI is InChI=1S/C21H28O3/c1-20-9-7-14(23)11-13(20)3-4-15-16-5-6-18(19(24)12-22)21(16,2)10-8-17(15)20/h11-12,15-18H,3-10H2,1-2H3/t15-,16-,17-,18-,20-,21-/m0/s1. The molecule has 0 aromatic carbocycles. The average Bonchev–Trinajstić information content (AvgIpc) is 2.92. The van der Waals surface area contributed by atoms with E-state index in [1.807, 2.05) is 6.08 Å². The highest BCUT2D eigenvalue weighted by Crippen LogP contribution is 2.66. The van der Waals surface area contributed by atoms with Crippen molar-refractivity contribution in [2.75, 3.05) is 0 Å². The van der Waals surface area contributed by atoms with Gasteiger partial charge >= 0.3 is 0 Å². The molecule has 6 atom stereocenters. The van der Waals surface area contributed by atoms with Crippen LogP contribution in [0.15, 0.2) is 11.6 Å². The van der Waals surface area contributed by atoms with Gasteiger partial charge < -0.3 is 0 Å². The summed E-state index contributed by atoms with van der Waals surface area (Å²) in [6.45, 7) is 4.65. The van der Waals surface area contributed by atoms with E-state index >= 15 is 0 Å². The van der Waals surface area contributed by atoms with Crippen LogP contribution in [0.3, 0.4) is 0 Å². The third-order valence-electron chi connectivity index (χ3n) is 8.42. The molecule has 0 unspecified atom stereocenters. The van der Waals surface area contributed by atoms with Crippen LogP contribution in [-0.2, 0) is 14.4 Å². The van der Waals surface area contributed by atoms with Gasteiger partial charge in [-0.2, -0.15) is 0 Å². The summed E-state index contributed by atoms with van der Waals surface area (Å²) < 4.78 is 0. The van der Waals surface area contributed by atoms with Gasteiger partial charge in [0.2, 0.25) is 0 Å². The molecule has 0 heterocycles. The van der Waals surface area contributed by atoms with Crippen LogP contribution in [0.25, 0.3) is 0 Å². The first-order valence-electron chi connectivity index (χ1n) is 9.63. The van der Waals surface area contributed by atoms with E-state index in [9.17, 15) is 14.4 Å². The van der Waals surface area contributed by atoms with Crippen LogP contribution in [0, 0.1) is 34.5 Å². The summed E-state index contributed by atoms with van der Waals surface area (Å²) in [5.41, 5.74) is 1.59. The Hall–Kier alpha value is -1.25. The highest BCUT2D eigenvalue weighted by Gasteiger charge is 2.59. The van der Waals surface area contributed by atoms with Gasteiger partial charge in [-0.1, -0.05) is 19.4 Å². The normalized spacial score (nSPS) is 47.2. The molecule has 4 aliphatic rings. The molecule has 0 aliphatic heterocycles. The van der Waals surface area contributed by atoms with Gasteiger partial charge in [0.1, 0.15) is 0 Å². The van der Waals surface area contributed by atoms with Gasteiger partial charge in [0.15, 0.2) is 17.9 Å². The quantitative estimate of drug-likeness (QED) is 0.570. The summed E-state index contributed by atoms with van der Waals surface area (Å²) in [6, 6.07) is 0. The Bertz CT molecular complexity index is 633. The second-order valence-corrected chi connectivity index (χ2v) is 9.16. The maximum absolute atomic E-state index is 12.1. The summed E-state index contributed by atoms with van der Waals surface area (Å²) >= 11 is 0. The maximum atomic E-state index is 12.1. The molecule has 3 heteroatoms. The van der Waals surface area contributed by atoms with E-state index < -0.39 is 0 Å². The van der Waals surface area contributed by atoms with Crippen LogP contribution in [0.4, 0.5) is 0 Å². The van der Waals surface area contributed by atoms with E-state index in [1.54, 1.807) is 0 Å². The number of carbonyl (C=O) groups is 3. The molecule has 3 nitrogen and oxygen atoms in total. The number of carbonyl (C=O) groups excluding carboxylic acids is 3. The molecule has 0 bridgehead atoms. The lowest BCUT2D eigenvalue weighted by Gasteiger charge is -2.58. The minimum Gasteiger partial charge on any atom is -0.295 e. The van der Waals surface area contributed by atoms with Crippen molar-refractivity contribution in [2.45, 2.75) is 65.2 Å². The van der Waals surface area contributed by atoms with E-state index in [1.165, 1.54) is 5.57 Å². The van der Waals surface area contributed by atoms with Crippen molar-refractivity contribution in [2.24, 2.45) is 34.5 Å². The van der Waals surface area contributed by atoms with E-state index in [0.717, 1.165) is 44.9 Å². The van der Waals surface area contributed by atoms with Crippen LogP contribution >= 0.6 is 0 Å². The predicted octanol–water partition coefficient (Wildman–Crippen LogP) is 3.90. The average molecular weight is 328 g/mol. The lowest BCUT2D eigenvalue weighted by molar-refractivity contribution is -0.137. The third-order valence-corrected chi connectivity index (χ3v) is 8.42. The highest BCUT2D eigenvalue weighted by atomic mass is 16.2. The Morgan fingerprint density at radius 3 is 2.62 bits per heavy atom. The molecule has 4 rings (SSSR count). The predicted molar refractivity (Wildman–Crippen MR) is 91.3 cm³/mol. The van der Waals surface area contributed by atoms with Crippen molar-refractivity contribution < 1.29 is 14.4 Å². The number of fused-ring (bicyclic) bond motifs is 5. The Morgan fingerprint density at radius 2 is 1.88 bits per heavy atom. The monoisotopic (exact) mass is 328 g/mol. The fourth-order valence-corrected chi connectivity index (χ4v) is 7.11. The molecule has 0 spiro atoms. The third kappa shape index (κ3) is 2.06. The summed E-state index contributed by atoms with van der Waals surface area (Å²) in [4.78, 5) is 35.1. The smallest absolute Gasteiger partial charge is 0.198 e. The summed E-state index contributed by atoms with van der Waals surface area (Å²) in [5, 5.41) is 0. The minimum absolute atomic E-state index is 0.0151. The van der Waals surface area contributed by atoms with Gasteiger partial charge in [0.05, 0.1) is 0 Å². The Labute approximate surface area is 144 Å². The number of Topliss-reactive ketones (excluding diaryl/α,β-unsaturated/α-hetero) is 1. The van der Waals surface area contributed by atoms with Gasteiger partial charge in [0.25, 0.3) is 0 Å². The lowest BCUT2D eigenvalue weighted by atomic mass is 9.46. The van der Waals surface area contributed by atoms with Crippen molar-refractivity contribution >= 4 is 17.9 Å². The van der Waals surface area contributed by atoms with Gasteiger partial charge in [-0.05, 0) is 79.6 Å². The first-order valence-corrected chi connectivity index (χ1v) is 9.63. The van der Waals surface area contributed by atoms with Crippen molar-refractivity contribution in [1.82, 2.24) is 0 Å². The van der Waals surface area contributed by atoms with E-state index in [-0.39, 0.29) is 22.5 Å². The van der Waals surface area contributed by atoms with Gasteiger partial charge in [-0.15, -0.1) is 0 Å². The Balaban J connectivity index is 1.66. The molecule has 0 saturated heterocycles. The Morgan fingerprint density at radius 1 is 1.08 bits per heavy atom. The molecular weight excluding hydrogens is 300 g/mol. The van der Waals surface area contributed by atoms with Crippen molar-refractivity contribution in [3.8, 4) is 0 Å². The zero-order chi connectivity index (χ0) is 17.1. The van der Waals surface area contributed by atoms with Crippen LogP contribution in [-0.4, -0.2) is 17.9 Å². The van der Waals surface area contributed by atoms with E-state index in [4.69, 9.17) is 0 Å². The molecule has 0 N–H and O–H groups in total.